The number of nitrogens with zero attached hydrogens (tertiary/aromatic N) is 2. The number of hydrogen-bond donors (Lipinski definition) is 1. The van der Waals surface area contributed by atoms with Crippen LogP contribution in [0.3, 0.4) is 0 Å². The Morgan fingerprint density at radius 1 is 0.647 bits per heavy atom. The van der Waals surface area contributed by atoms with Crippen LogP contribution in [-0.2, 0) is 24.8 Å². The van der Waals surface area contributed by atoms with E-state index in [1.54, 1.807) is 48.5 Å². The van der Waals surface area contributed by atoms with Crippen molar-refractivity contribution in [1.82, 2.24) is 13.9 Å². The molecule has 10 heteroatoms. The molecule has 0 saturated carbocycles. The average Bonchev–Trinajstić information content (AvgIpc) is 2.80. The smallest absolute Gasteiger partial charge is 0.243 e. The number of sulfonamides is 2. The van der Waals surface area contributed by atoms with Crippen molar-refractivity contribution in [2.75, 3.05) is 52.5 Å². The highest BCUT2D eigenvalue weighted by atomic mass is 32.2. The Hall–Kier alpha value is -1.82. The summed E-state index contributed by atoms with van der Waals surface area (Å²) >= 11 is 0. The van der Waals surface area contributed by atoms with Crippen molar-refractivity contribution >= 4 is 20.0 Å². The van der Waals surface area contributed by atoms with Crippen molar-refractivity contribution in [3.8, 4) is 0 Å². The summed E-state index contributed by atoms with van der Waals surface area (Å²) in [4.78, 5) is 0.532. The lowest BCUT2D eigenvalue weighted by Gasteiger charge is -2.25. The van der Waals surface area contributed by atoms with E-state index >= 15 is 0 Å². The van der Waals surface area contributed by atoms with Crippen LogP contribution < -0.4 is 5.32 Å². The molecule has 1 fully saturated rings. The fraction of sp³-hybridized carbons (Fsp3) is 0.500. The van der Waals surface area contributed by atoms with Crippen LogP contribution in [0.4, 0.5) is 0 Å². The molecule has 2 aromatic carbocycles. The minimum absolute atomic E-state index is 0.191. The second-order valence-corrected chi connectivity index (χ2v) is 12.4. The van der Waals surface area contributed by atoms with E-state index in [-0.39, 0.29) is 36.1 Å². The van der Waals surface area contributed by atoms with Gasteiger partial charge >= 0.3 is 0 Å². The van der Waals surface area contributed by atoms with Crippen LogP contribution in [0.25, 0.3) is 0 Å². The quantitative estimate of drug-likeness (QED) is 0.680. The zero-order valence-electron chi connectivity index (χ0n) is 19.9. The number of rotatable bonds is 4. The molecule has 1 heterocycles. The Morgan fingerprint density at radius 3 is 1.41 bits per heavy atom. The van der Waals surface area contributed by atoms with E-state index in [1.807, 2.05) is 13.8 Å². The highest BCUT2D eigenvalue weighted by Crippen LogP contribution is 2.18. The lowest BCUT2D eigenvalue weighted by atomic mass is 10.2. The average molecular weight is 510 g/mol. The maximum absolute atomic E-state index is 13.2. The molecular formula is C24H35N3O5S2. The zero-order valence-corrected chi connectivity index (χ0v) is 21.6. The van der Waals surface area contributed by atoms with Gasteiger partial charge < -0.3 is 10.1 Å². The van der Waals surface area contributed by atoms with Gasteiger partial charge in [-0.3, -0.25) is 0 Å². The number of hydrogen-bond acceptors (Lipinski definition) is 6. The molecule has 34 heavy (non-hydrogen) atoms. The Morgan fingerprint density at radius 2 is 1.03 bits per heavy atom. The number of benzene rings is 2. The molecule has 1 saturated heterocycles. The van der Waals surface area contributed by atoms with Gasteiger partial charge in [-0.2, -0.15) is 8.61 Å². The van der Waals surface area contributed by atoms with Crippen molar-refractivity contribution in [2.24, 2.45) is 0 Å². The van der Waals surface area contributed by atoms with Crippen molar-refractivity contribution in [3.05, 3.63) is 59.7 Å². The maximum Gasteiger partial charge on any atom is 0.243 e. The molecule has 0 aromatic heterocycles. The summed E-state index contributed by atoms with van der Waals surface area (Å²) in [6, 6.07) is 13.7. The first-order valence-corrected chi connectivity index (χ1v) is 14.5. The molecule has 8 nitrogen and oxygen atoms in total. The highest BCUT2D eigenvalue weighted by molar-refractivity contribution is 7.89. The monoisotopic (exact) mass is 509 g/mol. The minimum atomic E-state index is -3.64. The van der Waals surface area contributed by atoms with Gasteiger partial charge in [0.05, 0.1) is 23.0 Å². The van der Waals surface area contributed by atoms with Crippen LogP contribution in [0.15, 0.2) is 58.3 Å². The van der Waals surface area contributed by atoms with Crippen LogP contribution in [0.2, 0.25) is 0 Å². The van der Waals surface area contributed by atoms with Gasteiger partial charge in [-0.1, -0.05) is 35.4 Å². The predicted octanol–water partition coefficient (Wildman–Crippen LogP) is 2.39. The molecule has 0 aliphatic carbocycles. The number of nitrogens with one attached hydrogen (secondary N) is 1. The minimum Gasteiger partial charge on any atom is -0.379 e. The molecule has 1 N–H and O–H groups in total. The lowest BCUT2D eigenvalue weighted by molar-refractivity contribution is 0.112. The third kappa shape index (κ3) is 7.10. The molecule has 0 bridgehead atoms. The third-order valence-corrected chi connectivity index (χ3v) is 9.64. The first-order chi connectivity index (χ1) is 16.2. The van der Waals surface area contributed by atoms with Gasteiger partial charge in [0, 0.05) is 26.2 Å². The summed E-state index contributed by atoms with van der Waals surface area (Å²) in [5.41, 5.74) is 2.00. The van der Waals surface area contributed by atoms with Crippen LogP contribution >= 0.6 is 0 Å². The van der Waals surface area contributed by atoms with E-state index in [4.69, 9.17) is 4.74 Å². The predicted molar refractivity (Wildman–Crippen MR) is 133 cm³/mol. The van der Waals surface area contributed by atoms with Crippen LogP contribution in [0, 0.1) is 13.8 Å². The standard InChI is InChI=1S/C24H35N3O5S2/c1-21-5-9-23(10-6-21)33(28,29)26-15-3-13-25-14-4-16-27(18-20-32-19-17-26)34(30,31)24-11-7-22(2)8-12-24/h5-12,25H,3-4,13-20H2,1-2H3. The van der Waals surface area contributed by atoms with Crippen molar-refractivity contribution < 1.29 is 21.6 Å². The number of ether oxygens (including phenoxy) is 1. The van der Waals surface area contributed by atoms with E-state index in [0.717, 1.165) is 11.1 Å². The molecule has 0 unspecified atom stereocenters. The lowest BCUT2D eigenvalue weighted by Crippen LogP contribution is -2.39. The van der Waals surface area contributed by atoms with Crippen LogP contribution in [0.1, 0.15) is 24.0 Å². The topological polar surface area (TPSA) is 96.0 Å². The maximum atomic E-state index is 13.2. The molecule has 188 valence electrons. The van der Waals surface area contributed by atoms with Crippen LogP contribution in [0.5, 0.6) is 0 Å². The van der Waals surface area contributed by atoms with E-state index < -0.39 is 20.0 Å². The fourth-order valence-electron chi connectivity index (χ4n) is 3.74. The van der Waals surface area contributed by atoms with Gasteiger partial charge in [-0.15, -0.1) is 0 Å². The Kier molecular flexibility index (Phi) is 9.64. The van der Waals surface area contributed by atoms with Crippen molar-refractivity contribution in [2.45, 2.75) is 36.5 Å². The van der Waals surface area contributed by atoms with Gasteiger partial charge in [0.15, 0.2) is 0 Å². The second-order valence-electron chi connectivity index (χ2n) is 8.50. The first-order valence-electron chi connectivity index (χ1n) is 11.6. The summed E-state index contributed by atoms with van der Waals surface area (Å²) in [5, 5.41) is 3.30. The van der Waals surface area contributed by atoms with Gasteiger partial charge in [0.25, 0.3) is 0 Å². The fourth-order valence-corrected chi connectivity index (χ4v) is 6.67. The van der Waals surface area contributed by atoms with Gasteiger partial charge in [0.2, 0.25) is 20.0 Å². The van der Waals surface area contributed by atoms with E-state index in [0.29, 0.717) is 39.0 Å². The normalized spacial score (nSPS) is 18.9. The van der Waals surface area contributed by atoms with Crippen molar-refractivity contribution in [1.29, 1.82) is 0 Å². The summed E-state index contributed by atoms with van der Waals surface area (Å²) in [6.45, 7) is 6.70. The Bertz CT molecular complexity index is 1030. The summed E-state index contributed by atoms with van der Waals surface area (Å²) in [6.07, 6.45) is 1.30. The van der Waals surface area contributed by atoms with E-state index in [1.165, 1.54) is 8.61 Å². The zero-order chi connectivity index (χ0) is 24.6. The Labute approximate surface area is 204 Å². The summed E-state index contributed by atoms with van der Waals surface area (Å²) in [5.74, 6) is 0. The summed E-state index contributed by atoms with van der Waals surface area (Å²) < 4.78 is 61.3. The second kappa shape index (κ2) is 12.2. The largest absolute Gasteiger partial charge is 0.379 e. The molecule has 0 amide bonds. The molecule has 1 aliphatic rings. The van der Waals surface area contributed by atoms with Gasteiger partial charge in [-0.05, 0) is 64.0 Å². The van der Waals surface area contributed by atoms with Crippen LogP contribution in [-0.4, -0.2) is 77.9 Å². The summed E-state index contributed by atoms with van der Waals surface area (Å²) in [7, 11) is -7.28. The molecule has 0 radical (unpaired) electrons. The third-order valence-electron chi connectivity index (χ3n) is 5.81. The van der Waals surface area contributed by atoms with Crippen molar-refractivity contribution in [3.63, 3.8) is 0 Å². The van der Waals surface area contributed by atoms with Gasteiger partial charge in [0.1, 0.15) is 0 Å². The molecule has 0 atom stereocenters. The highest BCUT2D eigenvalue weighted by Gasteiger charge is 2.26. The number of aryl methyl sites for hydroxylation is 2. The Balaban J connectivity index is 1.68. The molecule has 3 rings (SSSR count). The van der Waals surface area contributed by atoms with E-state index in [2.05, 4.69) is 5.32 Å². The first kappa shape index (κ1) is 26.8. The molecule has 2 aromatic rings. The SMILES string of the molecule is Cc1ccc(S(=O)(=O)N2CCCNCCCN(S(=O)(=O)c3ccc(C)cc3)CCOCC2)cc1. The molecular weight excluding hydrogens is 474 g/mol. The van der Waals surface area contributed by atoms with Gasteiger partial charge in [-0.25, -0.2) is 16.8 Å². The molecule has 0 spiro atoms. The molecule has 1 aliphatic heterocycles. The van der Waals surface area contributed by atoms with E-state index in [9.17, 15) is 16.8 Å².